The highest BCUT2D eigenvalue weighted by molar-refractivity contribution is 5.88. The maximum absolute atomic E-state index is 14.0. The van der Waals surface area contributed by atoms with E-state index in [2.05, 4.69) is 27.1 Å². The summed E-state index contributed by atoms with van der Waals surface area (Å²) in [5.41, 5.74) is 4.06. The van der Waals surface area contributed by atoms with Crippen molar-refractivity contribution in [3.8, 4) is 34.5 Å². The first-order valence-electron chi connectivity index (χ1n) is 16.8. The van der Waals surface area contributed by atoms with Gasteiger partial charge in [0.1, 0.15) is 29.7 Å². The normalized spacial score (nSPS) is 13.3. The molecule has 1 amide bonds. The molecule has 2 heterocycles. The van der Waals surface area contributed by atoms with E-state index in [4.69, 9.17) is 33.4 Å². The van der Waals surface area contributed by atoms with Crippen molar-refractivity contribution < 1.29 is 33.2 Å². The first-order valence-corrected chi connectivity index (χ1v) is 16.8. The molecule has 0 unspecified atom stereocenters. The minimum absolute atomic E-state index is 0.0709. The summed E-state index contributed by atoms with van der Waals surface area (Å²) in [5, 5.41) is 3.23. The topological polar surface area (TPSA) is 120 Å². The number of hydrogen-bond donors (Lipinski definition) is 1. The van der Waals surface area contributed by atoms with Gasteiger partial charge in [-0.25, -0.2) is 9.78 Å². The lowest BCUT2D eigenvalue weighted by Crippen LogP contribution is -2.45. The Morgan fingerprint density at radius 3 is 2.12 bits per heavy atom. The Balaban J connectivity index is 1.41. The fourth-order valence-electron chi connectivity index (χ4n) is 6.02. The molecule has 0 aliphatic carbocycles. The number of nitrogens with zero attached hydrogens (tertiary/aromatic N) is 5. The zero-order chi connectivity index (χ0) is 36.5. The van der Waals surface area contributed by atoms with Gasteiger partial charge >= 0.3 is 6.09 Å². The molecule has 51 heavy (non-hydrogen) atoms. The first kappa shape index (κ1) is 37.0. The molecule has 272 valence electrons. The molecule has 0 atom stereocenters. The molecule has 0 radical (unpaired) electrons. The van der Waals surface area contributed by atoms with Crippen molar-refractivity contribution >= 4 is 23.5 Å². The number of carbonyl (C=O) groups is 1. The lowest BCUT2D eigenvalue weighted by Gasteiger charge is -2.32. The van der Waals surface area contributed by atoms with Crippen LogP contribution in [-0.4, -0.2) is 101 Å². The Morgan fingerprint density at radius 1 is 0.824 bits per heavy atom. The third kappa shape index (κ3) is 9.30. The van der Waals surface area contributed by atoms with Crippen LogP contribution < -0.4 is 38.6 Å². The smallest absolute Gasteiger partial charge is 0.421 e. The average molecular weight is 701 g/mol. The minimum Gasteiger partial charge on any atom is -0.497 e. The van der Waals surface area contributed by atoms with E-state index in [1.54, 1.807) is 65.0 Å². The third-order valence-corrected chi connectivity index (χ3v) is 8.71. The number of carbonyl (C=O) groups excluding carboxylic acids is 1. The van der Waals surface area contributed by atoms with E-state index in [1.165, 1.54) is 4.90 Å². The number of hydrogen-bond acceptors (Lipinski definition) is 12. The quantitative estimate of drug-likeness (QED) is 0.166. The predicted molar refractivity (Wildman–Crippen MR) is 197 cm³/mol. The van der Waals surface area contributed by atoms with Crippen LogP contribution in [0.4, 0.5) is 22.2 Å². The average Bonchev–Trinajstić information content (AvgIpc) is 3.12. The number of rotatable bonds is 14. The highest BCUT2D eigenvalue weighted by Crippen LogP contribution is 2.41. The van der Waals surface area contributed by atoms with Gasteiger partial charge in [0.15, 0.2) is 11.5 Å². The molecule has 1 aromatic heterocycles. The van der Waals surface area contributed by atoms with E-state index in [9.17, 15) is 4.79 Å². The SMILES string of the molecule is COc1ccc(OC)c(CN(C(=O)Oc2c(C)cc(C)cc2C)c2ccnc(Nc3cc(OC)c(OCCN4CCN(C)CC4)c(OC)c3)n2)c1. The summed E-state index contributed by atoms with van der Waals surface area (Å²) in [4.78, 5) is 29.3. The molecule has 1 aliphatic heterocycles. The molecule has 1 aliphatic rings. The molecule has 5 rings (SSSR count). The van der Waals surface area contributed by atoms with Crippen LogP contribution in [0.2, 0.25) is 0 Å². The Morgan fingerprint density at radius 2 is 1.49 bits per heavy atom. The van der Waals surface area contributed by atoms with Gasteiger partial charge in [0.25, 0.3) is 0 Å². The van der Waals surface area contributed by atoms with Crippen molar-refractivity contribution in [1.82, 2.24) is 19.8 Å². The third-order valence-electron chi connectivity index (χ3n) is 8.71. The molecule has 0 bridgehead atoms. The molecule has 4 aromatic rings. The van der Waals surface area contributed by atoms with Crippen molar-refractivity contribution in [3.05, 3.63) is 77.0 Å². The zero-order valence-corrected chi connectivity index (χ0v) is 30.7. The van der Waals surface area contributed by atoms with Crippen LogP contribution >= 0.6 is 0 Å². The summed E-state index contributed by atoms with van der Waals surface area (Å²) in [5.74, 6) is 3.71. The number of piperazine rings is 1. The number of aryl methyl sites for hydroxylation is 3. The number of methoxy groups -OCH3 is 4. The van der Waals surface area contributed by atoms with Crippen molar-refractivity contribution in [2.24, 2.45) is 0 Å². The molecular weight excluding hydrogens is 652 g/mol. The predicted octanol–water partition coefficient (Wildman–Crippen LogP) is 6.01. The van der Waals surface area contributed by atoms with Crippen LogP contribution in [0, 0.1) is 20.8 Å². The number of amides is 1. The molecule has 0 saturated carbocycles. The number of nitrogens with one attached hydrogen (secondary N) is 1. The summed E-state index contributed by atoms with van der Waals surface area (Å²) in [7, 11) is 8.46. The van der Waals surface area contributed by atoms with Gasteiger partial charge in [0, 0.05) is 62.3 Å². The lowest BCUT2D eigenvalue weighted by atomic mass is 10.1. The summed E-state index contributed by atoms with van der Waals surface area (Å²) in [6, 6.07) is 14.6. The van der Waals surface area contributed by atoms with Gasteiger partial charge in [-0.05, 0) is 63.2 Å². The Labute approximate surface area is 300 Å². The van der Waals surface area contributed by atoms with E-state index in [0.29, 0.717) is 58.2 Å². The summed E-state index contributed by atoms with van der Waals surface area (Å²) >= 11 is 0. The molecule has 13 nitrogen and oxygen atoms in total. The van der Waals surface area contributed by atoms with Gasteiger partial charge in [-0.3, -0.25) is 9.80 Å². The van der Waals surface area contributed by atoms with Crippen LogP contribution in [0.25, 0.3) is 0 Å². The van der Waals surface area contributed by atoms with Crippen LogP contribution in [0.5, 0.6) is 34.5 Å². The molecule has 3 aromatic carbocycles. The minimum atomic E-state index is -0.624. The monoisotopic (exact) mass is 700 g/mol. The van der Waals surface area contributed by atoms with E-state index in [0.717, 1.165) is 49.4 Å². The summed E-state index contributed by atoms with van der Waals surface area (Å²) in [6.45, 7) is 11.3. The molecule has 1 saturated heterocycles. The number of aromatic nitrogens is 2. The maximum atomic E-state index is 14.0. The summed E-state index contributed by atoms with van der Waals surface area (Å²) in [6.07, 6.45) is 0.946. The standard InChI is InChI=1S/C38H48N6O7/c1-25-19-26(2)35(27(3)20-25)51-38(45)44(24-28-21-30(46-5)9-10-31(28)47-6)34-11-12-39-37(41-34)40-29-22-32(48-7)36(33(23-29)49-8)50-18-17-43-15-13-42(4)14-16-43/h9-12,19-23H,13-18,24H2,1-8H3,(H,39,40,41). The molecular formula is C38H48N6O7. The van der Waals surface area contributed by atoms with Crippen LogP contribution in [0.15, 0.2) is 54.7 Å². The number of likely N-dealkylation sites (N-methyl/N-ethyl adjacent to an activating group) is 1. The van der Waals surface area contributed by atoms with Crippen LogP contribution in [0.1, 0.15) is 22.3 Å². The van der Waals surface area contributed by atoms with Crippen molar-refractivity contribution in [1.29, 1.82) is 0 Å². The first-order chi connectivity index (χ1) is 24.6. The van der Waals surface area contributed by atoms with E-state index >= 15 is 0 Å². The Hall–Kier alpha value is -5.27. The number of ether oxygens (including phenoxy) is 6. The summed E-state index contributed by atoms with van der Waals surface area (Å²) < 4.78 is 34.7. The van der Waals surface area contributed by atoms with Gasteiger partial charge in [0.2, 0.25) is 11.7 Å². The molecule has 1 N–H and O–H groups in total. The highest BCUT2D eigenvalue weighted by Gasteiger charge is 2.25. The van der Waals surface area contributed by atoms with Crippen LogP contribution in [0.3, 0.4) is 0 Å². The van der Waals surface area contributed by atoms with E-state index in [-0.39, 0.29) is 12.5 Å². The second kappa shape index (κ2) is 17.1. The van der Waals surface area contributed by atoms with E-state index < -0.39 is 6.09 Å². The fraction of sp³-hybridized carbons (Fsp3) is 0.395. The van der Waals surface area contributed by atoms with Crippen molar-refractivity contribution in [3.63, 3.8) is 0 Å². The second-order valence-corrected chi connectivity index (χ2v) is 12.4. The Kier molecular flexibility index (Phi) is 12.4. The maximum Gasteiger partial charge on any atom is 0.421 e. The van der Waals surface area contributed by atoms with Gasteiger partial charge < -0.3 is 38.6 Å². The molecule has 13 heteroatoms. The lowest BCUT2D eigenvalue weighted by molar-refractivity contribution is 0.131. The Bertz CT molecular complexity index is 1760. The zero-order valence-electron chi connectivity index (χ0n) is 30.7. The van der Waals surface area contributed by atoms with E-state index in [1.807, 2.05) is 39.0 Å². The fourth-order valence-corrected chi connectivity index (χ4v) is 6.02. The van der Waals surface area contributed by atoms with Gasteiger partial charge in [-0.2, -0.15) is 4.98 Å². The molecule has 1 fully saturated rings. The largest absolute Gasteiger partial charge is 0.497 e. The number of benzene rings is 3. The molecule has 0 spiro atoms. The highest BCUT2D eigenvalue weighted by atomic mass is 16.6. The van der Waals surface area contributed by atoms with Crippen molar-refractivity contribution in [2.45, 2.75) is 27.3 Å². The van der Waals surface area contributed by atoms with Gasteiger partial charge in [0.05, 0.1) is 35.0 Å². The van der Waals surface area contributed by atoms with Crippen molar-refractivity contribution in [2.75, 3.05) is 85.0 Å². The van der Waals surface area contributed by atoms with Crippen LogP contribution in [-0.2, 0) is 6.54 Å². The second-order valence-electron chi connectivity index (χ2n) is 12.4. The number of anilines is 3. The van der Waals surface area contributed by atoms with Gasteiger partial charge in [-0.1, -0.05) is 17.7 Å². The van der Waals surface area contributed by atoms with Gasteiger partial charge in [-0.15, -0.1) is 0 Å².